The third-order valence-corrected chi connectivity index (χ3v) is 4.54. The van der Waals surface area contributed by atoms with E-state index in [-0.39, 0.29) is 12.6 Å². The van der Waals surface area contributed by atoms with Crippen molar-refractivity contribution in [1.29, 1.82) is 0 Å². The van der Waals surface area contributed by atoms with Gasteiger partial charge in [0.05, 0.1) is 6.16 Å². The lowest BCUT2D eigenvalue weighted by Crippen LogP contribution is -2.37. The van der Waals surface area contributed by atoms with E-state index in [0.717, 1.165) is 0 Å². The zero-order valence-corrected chi connectivity index (χ0v) is 12.7. The highest BCUT2D eigenvalue weighted by molar-refractivity contribution is 7.55. The van der Waals surface area contributed by atoms with Crippen LogP contribution in [0, 0.1) is 0 Å². The van der Waals surface area contributed by atoms with Crippen LogP contribution < -0.4 is 5.09 Å². The topological polar surface area (TPSA) is 99.5 Å². The number of nitrogens with one attached hydrogen (secondary N) is 1. The Morgan fingerprint density at radius 2 is 1.86 bits per heavy atom. The molecule has 0 amide bonds. The molecule has 0 radical (unpaired) electrons. The smallest absolute Gasteiger partial charge is 0.321 e. The maximum Gasteiger partial charge on any atom is 0.321 e. The highest BCUT2D eigenvalue weighted by Gasteiger charge is 2.28. The molecule has 0 aliphatic heterocycles. The fourth-order valence-corrected chi connectivity index (χ4v) is 3.52. The van der Waals surface area contributed by atoms with E-state index in [1.54, 1.807) is 54.7 Å². The average Bonchev–Trinajstić information content (AvgIpc) is 2.48. The van der Waals surface area contributed by atoms with Gasteiger partial charge in [0, 0.05) is 18.3 Å². The Morgan fingerprint density at radius 1 is 1.18 bits per heavy atom. The lowest BCUT2D eigenvalue weighted by molar-refractivity contribution is -0.139. The van der Waals surface area contributed by atoms with Gasteiger partial charge < -0.3 is 10.00 Å². The lowest BCUT2D eigenvalue weighted by Gasteiger charge is -2.19. The van der Waals surface area contributed by atoms with Crippen LogP contribution in [-0.4, -0.2) is 27.0 Å². The average molecular weight is 320 g/mol. The number of hydrogen-bond acceptors (Lipinski definition) is 3. The molecule has 2 aromatic rings. The first-order chi connectivity index (χ1) is 10.5. The van der Waals surface area contributed by atoms with Crippen LogP contribution in [0.15, 0.2) is 54.7 Å². The van der Waals surface area contributed by atoms with E-state index < -0.39 is 19.5 Å². The Kier molecular flexibility index (Phi) is 5.44. The van der Waals surface area contributed by atoms with Crippen LogP contribution in [0.3, 0.4) is 0 Å². The maximum atomic E-state index is 12.2. The van der Waals surface area contributed by atoms with Crippen LogP contribution >= 0.6 is 7.52 Å². The Bertz CT molecular complexity index is 664. The quantitative estimate of drug-likeness (QED) is 0.675. The third kappa shape index (κ3) is 5.07. The summed E-state index contributed by atoms with van der Waals surface area (Å²) in [5, 5.41) is 11.6. The second-order valence-electron chi connectivity index (χ2n) is 4.89. The Hall–Kier alpha value is -2.01. The summed E-state index contributed by atoms with van der Waals surface area (Å²) >= 11 is 0. The highest BCUT2D eigenvalue weighted by Crippen LogP contribution is 2.40. The van der Waals surface area contributed by atoms with E-state index >= 15 is 0 Å². The van der Waals surface area contributed by atoms with Crippen LogP contribution in [0.2, 0.25) is 0 Å². The maximum absolute atomic E-state index is 12.2. The van der Waals surface area contributed by atoms with Crippen molar-refractivity contribution in [3.8, 4) is 0 Å². The minimum absolute atomic E-state index is 0.0372. The molecule has 22 heavy (non-hydrogen) atoms. The summed E-state index contributed by atoms with van der Waals surface area (Å²) in [7, 11) is -3.82. The van der Waals surface area contributed by atoms with Gasteiger partial charge in [0.15, 0.2) is 0 Å². The summed E-state index contributed by atoms with van der Waals surface area (Å²) in [6, 6.07) is 12.7. The van der Waals surface area contributed by atoms with Gasteiger partial charge in [-0.1, -0.05) is 36.4 Å². The van der Waals surface area contributed by atoms with E-state index in [9.17, 15) is 19.4 Å². The summed E-state index contributed by atoms with van der Waals surface area (Å²) in [6.45, 7) is 0. The molecule has 7 heteroatoms. The van der Waals surface area contributed by atoms with Gasteiger partial charge in [0.2, 0.25) is 0 Å². The molecule has 0 spiro atoms. The Morgan fingerprint density at radius 3 is 2.45 bits per heavy atom. The van der Waals surface area contributed by atoms with E-state index in [0.29, 0.717) is 11.3 Å². The predicted octanol–water partition coefficient (Wildman–Crippen LogP) is 2.05. The molecule has 0 fully saturated rings. The first-order valence-corrected chi connectivity index (χ1v) is 8.57. The van der Waals surface area contributed by atoms with Crippen molar-refractivity contribution in [3.05, 3.63) is 66.0 Å². The summed E-state index contributed by atoms with van der Waals surface area (Å²) < 4.78 is 12.2. The molecule has 1 aromatic heterocycles. The predicted molar refractivity (Wildman–Crippen MR) is 82.5 cm³/mol. The van der Waals surface area contributed by atoms with Gasteiger partial charge in [-0.15, -0.1) is 0 Å². The van der Waals surface area contributed by atoms with Gasteiger partial charge in [-0.3, -0.25) is 14.3 Å². The second-order valence-corrected chi connectivity index (χ2v) is 6.87. The molecule has 1 heterocycles. The van der Waals surface area contributed by atoms with E-state index in [4.69, 9.17) is 0 Å². The monoisotopic (exact) mass is 320 g/mol. The number of aromatic nitrogens is 1. The van der Waals surface area contributed by atoms with Crippen molar-refractivity contribution in [2.24, 2.45) is 0 Å². The molecule has 1 aromatic carbocycles. The van der Waals surface area contributed by atoms with E-state index in [1.165, 1.54) is 0 Å². The van der Waals surface area contributed by atoms with Crippen LogP contribution in [0.4, 0.5) is 0 Å². The molecular formula is C15H17N2O4P. The van der Waals surface area contributed by atoms with Crippen molar-refractivity contribution < 1.29 is 19.4 Å². The third-order valence-electron chi connectivity index (χ3n) is 3.03. The minimum atomic E-state index is -3.82. The zero-order valence-electron chi connectivity index (χ0n) is 11.8. The molecule has 3 N–H and O–H groups in total. The molecule has 0 aliphatic carbocycles. The van der Waals surface area contributed by atoms with Crippen LogP contribution in [0.1, 0.15) is 11.3 Å². The number of pyridine rings is 1. The molecule has 6 nitrogen and oxygen atoms in total. The van der Waals surface area contributed by atoms with Gasteiger partial charge in [-0.05, 0) is 17.7 Å². The zero-order chi connectivity index (χ0) is 16.0. The van der Waals surface area contributed by atoms with Crippen molar-refractivity contribution in [3.63, 3.8) is 0 Å². The highest BCUT2D eigenvalue weighted by atomic mass is 31.2. The minimum Gasteiger partial charge on any atom is -0.480 e. The number of benzene rings is 1. The van der Waals surface area contributed by atoms with Gasteiger partial charge in [-0.2, -0.15) is 0 Å². The molecule has 0 aliphatic rings. The SMILES string of the molecule is O=C(O)C(Cc1ccccn1)NP(=O)(O)Cc1ccccc1. The number of aliphatic carboxylic acids is 1. The van der Waals surface area contributed by atoms with Crippen LogP contribution in [0.25, 0.3) is 0 Å². The first kappa shape index (κ1) is 16.4. The summed E-state index contributed by atoms with van der Waals surface area (Å²) in [4.78, 5) is 25.4. The van der Waals surface area contributed by atoms with E-state index in [1.807, 2.05) is 0 Å². The van der Waals surface area contributed by atoms with Crippen molar-refractivity contribution >= 4 is 13.5 Å². The number of carbonyl (C=O) groups is 1. The molecule has 0 saturated heterocycles. The Balaban J connectivity index is 2.06. The van der Waals surface area contributed by atoms with Crippen molar-refractivity contribution in [2.45, 2.75) is 18.6 Å². The largest absolute Gasteiger partial charge is 0.480 e. The van der Waals surface area contributed by atoms with Gasteiger partial charge in [0.25, 0.3) is 7.52 Å². The van der Waals surface area contributed by atoms with Crippen molar-refractivity contribution in [2.75, 3.05) is 0 Å². The number of nitrogens with zero attached hydrogens (tertiary/aromatic N) is 1. The molecule has 116 valence electrons. The molecule has 0 saturated carbocycles. The molecule has 2 rings (SSSR count). The first-order valence-electron chi connectivity index (χ1n) is 6.72. The molecule has 2 unspecified atom stereocenters. The molecule has 0 bridgehead atoms. The number of carboxylic acids is 1. The number of carboxylic acid groups (broad SMARTS) is 1. The molecular weight excluding hydrogens is 303 g/mol. The van der Waals surface area contributed by atoms with Gasteiger partial charge in [-0.25, -0.2) is 5.09 Å². The van der Waals surface area contributed by atoms with E-state index in [2.05, 4.69) is 10.1 Å². The number of rotatable bonds is 7. The molecule has 2 atom stereocenters. The standard InChI is InChI=1S/C15H17N2O4P/c18-15(19)14(10-13-8-4-5-9-16-13)17-22(20,21)11-12-6-2-1-3-7-12/h1-9,14H,10-11H2,(H,18,19)(H2,17,20,21). The van der Waals surface area contributed by atoms with Gasteiger partial charge >= 0.3 is 5.97 Å². The van der Waals surface area contributed by atoms with Crippen LogP contribution in [0.5, 0.6) is 0 Å². The summed E-state index contributed by atoms with van der Waals surface area (Å²) in [5.41, 5.74) is 1.21. The summed E-state index contributed by atoms with van der Waals surface area (Å²) in [5.74, 6) is -1.19. The number of hydrogen-bond donors (Lipinski definition) is 3. The summed E-state index contributed by atoms with van der Waals surface area (Å²) in [6.07, 6.45) is 1.46. The fraction of sp³-hybridized carbons (Fsp3) is 0.200. The van der Waals surface area contributed by atoms with Crippen LogP contribution in [-0.2, 0) is 21.9 Å². The lowest BCUT2D eigenvalue weighted by atomic mass is 10.1. The van der Waals surface area contributed by atoms with Crippen molar-refractivity contribution in [1.82, 2.24) is 10.1 Å². The Labute approximate surface area is 128 Å². The second kappa shape index (κ2) is 7.31. The normalized spacial score (nSPS) is 15.0. The van der Waals surface area contributed by atoms with Gasteiger partial charge in [0.1, 0.15) is 6.04 Å². The fourth-order valence-electron chi connectivity index (χ4n) is 2.04.